The summed E-state index contributed by atoms with van der Waals surface area (Å²) in [5, 5.41) is 0. The number of hydrogen-bond acceptors (Lipinski definition) is 5. The molecule has 110 valence electrons. The van der Waals surface area contributed by atoms with Crippen LogP contribution in [0.5, 0.6) is 11.5 Å². The van der Waals surface area contributed by atoms with Crippen molar-refractivity contribution in [3.63, 3.8) is 0 Å². The quantitative estimate of drug-likeness (QED) is 0.631. The normalized spacial score (nSPS) is 13.0. The summed E-state index contributed by atoms with van der Waals surface area (Å²) in [5.74, 6) is -0.0778. The van der Waals surface area contributed by atoms with E-state index in [0.717, 1.165) is 5.56 Å². The van der Waals surface area contributed by atoms with Crippen LogP contribution in [-0.4, -0.2) is 17.7 Å². The minimum absolute atomic E-state index is 0.0210. The summed E-state index contributed by atoms with van der Waals surface area (Å²) in [6.07, 6.45) is 2.82. The van der Waals surface area contributed by atoms with Gasteiger partial charge in [-0.1, -0.05) is 0 Å². The molecule has 0 N–H and O–H groups in total. The predicted molar refractivity (Wildman–Crippen MR) is 76.0 cm³/mol. The Bertz CT molecular complexity index is 655. The van der Waals surface area contributed by atoms with E-state index in [0.29, 0.717) is 35.5 Å². The first-order chi connectivity index (χ1) is 9.88. The van der Waals surface area contributed by atoms with Crippen molar-refractivity contribution in [1.82, 2.24) is 0 Å². The molecule has 0 atom stereocenters. The summed E-state index contributed by atoms with van der Waals surface area (Å²) < 4.78 is 10.3. The highest BCUT2D eigenvalue weighted by atomic mass is 16.5. The lowest BCUT2D eigenvalue weighted by Crippen LogP contribution is -2.12. The van der Waals surface area contributed by atoms with Crippen molar-refractivity contribution in [2.45, 2.75) is 33.6 Å². The van der Waals surface area contributed by atoms with E-state index in [1.165, 1.54) is 20.8 Å². The first-order valence-electron chi connectivity index (χ1n) is 6.62. The maximum atomic E-state index is 11.5. The third kappa shape index (κ3) is 3.37. The summed E-state index contributed by atoms with van der Waals surface area (Å²) in [6, 6.07) is 3.17. The highest BCUT2D eigenvalue weighted by Crippen LogP contribution is 2.37. The van der Waals surface area contributed by atoms with Crippen LogP contribution in [0.25, 0.3) is 6.08 Å². The second-order valence-electron chi connectivity index (χ2n) is 4.87. The molecule has 1 aromatic rings. The number of Topliss-reactive ketones (excluding diaryl/α,β-unsaturated/α-hetero) is 1. The Morgan fingerprint density at radius 1 is 0.905 bits per heavy atom. The Kier molecular flexibility index (Phi) is 4.21. The molecule has 0 saturated carbocycles. The van der Waals surface area contributed by atoms with Gasteiger partial charge >= 0.3 is 11.9 Å². The molecule has 0 fully saturated rings. The Hall–Kier alpha value is -2.43. The molecule has 0 aromatic heterocycles. The van der Waals surface area contributed by atoms with E-state index >= 15 is 0 Å². The topological polar surface area (TPSA) is 69.7 Å². The van der Waals surface area contributed by atoms with Crippen LogP contribution < -0.4 is 9.47 Å². The molecule has 0 radical (unpaired) electrons. The minimum Gasteiger partial charge on any atom is -0.426 e. The smallest absolute Gasteiger partial charge is 0.308 e. The van der Waals surface area contributed by atoms with E-state index in [9.17, 15) is 14.4 Å². The molecule has 5 heteroatoms. The third-order valence-electron chi connectivity index (χ3n) is 3.20. The van der Waals surface area contributed by atoms with Crippen LogP contribution in [0.15, 0.2) is 17.7 Å². The van der Waals surface area contributed by atoms with E-state index in [1.807, 2.05) is 0 Å². The molecule has 0 bridgehead atoms. The zero-order valence-corrected chi connectivity index (χ0v) is 12.2. The lowest BCUT2D eigenvalue weighted by molar-refractivity contribution is -0.133. The molecule has 1 aliphatic carbocycles. The fourth-order valence-electron chi connectivity index (χ4n) is 2.32. The fourth-order valence-corrected chi connectivity index (χ4v) is 2.32. The van der Waals surface area contributed by atoms with Gasteiger partial charge in [0.05, 0.1) is 0 Å². The first kappa shape index (κ1) is 15.0. The van der Waals surface area contributed by atoms with Gasteiger partial charge in [0.25, 0.3) is 0 Å². The number of ketones is 1. The number of benzene rings is 1. The molecule has 0 spiro atoms. The van der Waals surface area contributed by atoms with Gasteiger partial charge in [0, 0.05) is 25.0 Å². The van der Waals surface area contributed by atoms with Gasteiger partial charge in [0.2, 0.25) is 0 Å². The van der Waals surface area contributed by atoms with Gasteiger partial charge in [0.1, 0.15) is 11.5 Å². The van der Waals surface area contributed by atoms with Crippen molar-refractivity contribution in [2.24, 2.45) is 0 Å². The minimum atomic E-state index is -0.444. The third-order valence-corrected chi connectivity index (χ3v) is 3.20. The van der Waals surface area contributed by atoms with Gasteiger partial charge in [-0.2, -0.15) is 0 Å². The van der Waals surface area contributed by atoms with Crippen molar-refractivity contribution in [3.8, 4) is 11.5 Å². The maximum Gasteiger partial charge on any atom is 0.308 e. The summed E-state index contributed by atoms with van der Waals surface area (Å²) in [6.45, 7) is 4.13. The molecule has 0 unspecified atom stereocenters. The van der Waals surface area contributed by atoms with Crippen molar-refractivity contribution >= 4 is 23.8 Å². The monoisotopic (exact) mass is 288 g/mol. The lowest BCUT2D eigenvalue weighted by Gasteiger charge is -2.20. The highest BCUT2D eigenvalue weighted by Gasteiger charge is 2.22. The predicted octanol–water partition coefficient (Wildman–Crippen LogP) is 2.46. The van der Waals surface area contributed by atoms with Crippen LogP contribution in [-0.2, 0) is 20.8 Å². The molecule has 1 aliphatic rings. The highest BCUT2D eigenvalue weighted by molar-refractivity contribution is 5.99. The van der Waals surface area contributed by atoms with Gasteiger partial charge < -0.3 is 9.47 Å². The zero-order valence-electron chi connectivity index (χ0n) is 12.2. The van der Waals surface area contributed by atoms with Crippen molar-refractivity contribution in [3.05, 3.63) is 28.8 Å². The van der Waals surface area contributed by atoms with Gasteiger partial charge in [-0.25, -0.2) is 0 Å². The molecule has 0 aliphatic heterocycles. The van der Waals surface area contributed by atoms with Crippen molar-refractivity contribution < 1.29 is 23.9 Å². The molecule has 21 heavy (non-hydrogen) atoms. The molecule has 0 heterocycles. The van der Waals surface area contributed by atoms with Crippen LogP contribution in [0.2, 0.25) is 0 Å². The number of fused-ring (bicyclic) bond motifs is 1. The number of rotatable bonds is 3. The molecular weight excluding hydrogens is 272 g/mol. The number of carbonyl (C=O) groups is 3. The van der Waals surface area contributed by atoms with E-state index in [4.69, 9.17) is 9.47 Å². The standard InChI is InChI=1S/C16H16O5/c1-9(17)12-4-5-13-14(8-12)16(21-11(3)19)7-6-15(13)20-10(2)18/h6-8H,4-5H2,1-3H3. The van der Waals surface area contributed by atoms with Crippen molar-refractivity contribution in [1.29, 1.82) is 0 Å². The van der Waals surface area contributed by atoms with E-state index < -0.39 is 11.9 Å². The number of esters is 2. The molecule has 5 nitrogen and oxygen atoms in total. The Labute approximate surface area is 122 Å². The lowest BCUT2D eigenvalue weighted by atomic mass is 9.89. The number of ether oxygens (including phenoxy) is 2. The number of hydrogen-bond donors (Lipinski definition) is 0. The average molecular weight is 288 g/mol. The van der Waals surface area contributed by atoms with Gasteiger partial charge in [0.15, 0.2) is 5.78 Å². The van der Waals surface area contributed by atoms with Gasteiger partial charge in [-0.15, -0.1) is 0 Å². The molecule has 0 amide bonds. The van der Waals surface area contributed by atoms with E-state index in [1.54, 1.807) is 18.2 Å². The van der Waals surface area contributed by atoms with Gasteiger partial charge in [-0.05, 0) is 43.5 Å². The fraction of sp³-hybridized carbons (Fsp3) is 0.312. The largest absolute Gasteiger partial charge is 0.426 e. The van der Waals surface area contributed by atoms with Crippen molar-refractivity contribution in [2.75, 3.05) is 0 Å². The SMILES string of the molecule is CC(=O)Oc1ccc(OC(C)=O)c2c1C=C(C(C)=O)CC2. The molecular formula is C16H16O5. The zero-order chi connectivity index (χ0) is 15.6. The average Bonchev–Trinajstić information content (AvgIpc) is 2.40. The van der Waals surface area contributed by atoms with Crippen LogP contribution in [0.1, 0.15) is 38.3 Å². The van der Waals surface area contributed by atoms with E-state index in [-0.39, 0.29) is 5.78 Å². The second kappa shape index (κ2) is 5.91. The number of allylic oxidation sites excluding steroid dienone is 1. The second-order valence-corrected chi connectivity index (χ2v) is 4.87. The molecule has 0 saturated heterocycles. The summed E-state index contributed by atoms with van der Waals surface area (Å²) in [4.78, 5) is 33.9. The van der Waals surface area contributed by atoms with E-state index in [2.05, 4.69) is 0 Å². The summed E-state index contributed by atoms with van der Waals surface area (Å²) in [7, 11) is 0. The van der Waals surface area contributed by atoms with Crippen LogP contribution in [0.4, 0.5) is 0 Å². The Balaban J connectivity index is 2.55. The summed E-state index contributed by atoms with van der Waals surface area (Å²) >= 11 is 0. The first-order valence-corrected chi connectivity index (χ1v) is 6.62. The van der Waals surface area contributed by atoms with Gasteiger partial charge in [-0.3, -0.25) is 14.4 Å². The molecule has 2 rings (SSSR count). The van der Waals surface area contributed by atoms with Crippen LogP contribution >= 0.6 is 0 Å². The summed E-state index contributed by atoms with van der Waals surface area (Å²) in [5.41, 5.74) is 2.06. The molecule has 1 aromatic carbocycles. The maximum absolute atomic E-state index is 11.5. The Morgan fingerprint density at radius 3 is 2.05 bits per heavy atom. The van der Waals surface area contributed by atoms with Crippen LogP contribution in [0, 0.1) is 0 Å². The van der Waals surface area contributed by atoms with Crippen LogP contribution in [0.3, 0.4) is 0 Å². The number of carbonyl (C=O) groups excluding carboxylic acids is 3. The Morgan fingerprint density at radius 2 is 1.48 bits per heavy atom.